The lowest BCUT2D eigenvalue weighted by atomic mass is 9.82. The molecule has 138 valence electrons. The molecule has 0 radical (unpaired) electrons. The van der Waals surface area contributed by atoms with Crippen LogP contribution in [0.25, 0.3) is 0 Å². The van der Waals surface area contributed by atoms with Gasteiger partial charge in [0.25, 0.3) is 5.91 Å². The standard InChI is InChI=1S/C19H24N4O3/c1-12-8-15(13(2)26-12)18(25)23-6-4-19(5-7-23)9-16(17(24)21-19)14-10-20-22(3)11-14/h8,10-11,16H,4-7,9H2,1-3H3,(H,21,24). The smallest absolute Gasteiger partial charge is 0.257 e. The fourth-order valence-corrected chi connectivity index (χ4v) is 4.25. The second-order valence-electron chi connectivity index (χ2n) is 7.59. The van der Waals surface area contributed by atoms with Gasteiger partial charge in [-0.05, 0) is 39.2 Å². The molecule has 26 heavy (non-hydrogen) atoms. The molecular weight excluding hydrogens is 332 g/mol. The van der Waals surface area contributed by atoms with Gasteiger partial charge in [-0.1, -0.05) is 0 Å². The number of hydrogen-bond donors (Lipinski definition) is 1. The Labute approximate surface area is 152 Å². The summed E-state index contributed by atoms with van der Waals surface area (Å²) in [6, 6.07) is 1.80. The normalized spacial score (nSPS) is 22.0. The van der Waals surface area contributed by atoms with Gasteiger partial charge in [-0.15, -0.1) is 0 Å². The van der Waals surface area contributed by atoms with Gasteiger partial charge in [-0.2, -0.15) is 5.10 Å². The van der Waals surface area contributed by atoms with Crippen LogP contribution in [-0.4, -0.2) is 45.1 Å². The minimum atomic E-state index is -0.213. The first-order valence-electron chi connectivity index (χ1n) is 9.04. The lowest BCUT2D eigenvalue weighted by Crippen LogP contribution is -2.52. The Bertz CT molecular complexity index is 858. The van der Waals surface area contributed by atoms with E-state index < -0.39 is 0 Å². The lowest BCUT2D eigenvalue weighted by Gasteiger charge is -2.39. The molecule has 2 aromatic heterocycles. The zero-order valence-corrected chi connectivity index (χ0v) is 15.4. The van der Waals surface area contributed by atoms with E-state index in [9.17, 15) is 9.59 Å². The molecule has 1 atom stereocenters. The van der Waals surface area contributed by atoms with Crippen LogP contribution in [0.3, 0.4) is 0 Å². The molecule has 2 fully saturated rings. The molecule has 1 unspecified atom stereocenters. The number of furan rings is 1. The summed E-state index contributed by atoms with van der Waals surface area (Å²) in [6.07, 6.45) is 6.00. The van der Waals surface area contributed by atoms with Gasteiger partial charge in [0, 0.05) is 37.4 Å². The Morgan fingerprint density at radius 1 is 1.35 bits per heavy atom. The number of likely N-dealkylation sites (tertiary alicyclic amines) is 1. The van der Waals surface area contributed by atoms with Crippen molar-refractivity contribution in [2.24, 2.45) is 7.05 Å². The van der Waals surface area contributed by atoms with E-state index in [0.29, 0.717) is 24.4 Å². The fraction of sp³-hybridized carbons (Fsp3) is 0.526. The van der Waals surface area contributed by atoms with Gasteiger partial charge in [-0.25, -0.2) is 0 Å². The average molecular weight is 356 g/mol. The molecule has 0 aromatic carbocycles. The summed E-state index contributed by atoms with van der Waals surface area (Å²) < 4.78 is 7.21. The Morgan fingerprint density at radius 2 is 2.08 bits per heavy atom. The van der Waals surface area contributed by atoms with E-state index in [2.05, 4.69) is 10.4 Å². The minimum absolute atomic E-state index is 0.0160. The maximum atomic E-state index is 12.8. The van der Waals surface area contributed by atoms with E-state index in [1.165, 1.54) is 0 Å². The molecule has 1 N–H and O–H groups in total. The number of carbonyl (C=O) groups is 2. The number of hydrogen-bond acceptors (Lipinski definition) is 4. The Balaban J connectivity index is 1.44. The fourth-order valence-electron chi connectivity index (χ4n) is 4.25. The molecule has 7 heteroatoms. The van der Waals surface area contributed by atoms with Gasteiger partial charge in [0.05, 0.1) is 17.7 Å². The topological polar surface area (TPSA) is 80.4 Å². The van der Waals surface area contributed by atoms with Gasteiger partial charge in [0.2, 0.25) is 5.91 Å². The number of carbonyl (C=O) groups excluding carboxylic acids is 2. The highest BCUT2D eigenvalue weighted by Crippen LogP contribution is 2.39. The first-order valence-corrected chi connectivity index (χ1v) is 9.04. The van der Waals surface area contributed by atoms with E-state index in [1.807, 2.05) is 32.0 Å². The Kier molecular flexibility index (Phi) is 3.89. The van der Waals surface area contributed by atoms with Crippen molar-refractivity contribution in [1.29, 1.82) is 0 Å². The molecule has 2 aromatic rings. The van der Waals surface area contributed by atoms with Crippen LogP contribution in [0.4, 0.5) is 0 Å². The van der Waals surface area contributed by atoms with Crippen molar-refractivity contribution in [1.82, 2.24) is 20.0 Å². The highest BCUT2D eigenvalue weighted by molar-refractivity contribution is 5.95. The molecule has 0 aliphatic carbocycles. The molecule has 0 saturated carbocycles. The third-order valence-corrected chi connectivity index (χ3v) is 5.71. The van der Waals surface area contributed by atoms with Crippen LogP contribution >= 0.6 is 0 Å². The summed E-state index contributed by atoms with van der Waals surface area (Å²) in [5.74, 6) is 1.35. The zero-order valence-electron chi connectivity index (χ0n) is 15.4. The Hall–Kier alpha value is -2.57. The summed E-state index contributed by atoms with van der Waals surface area (Å²) in [4.78, 5) is 27.1. The molecule has 0 bridgehead atoms. The van der Waals surface area contributed by atoms with Crippen LogP contribution in [0.15, 0.2) is 22.9 Å². The van der Waals surface area contributed by atoms with Crippen molar-refractivity contribution < 1.29 is 14.0 Å². The summed E-state index contributed by atoms with van der Waals surface area (Å²) >= 11 is 0. The summed E-state index contributed by atoms with van der Waals surface area (Å²) in [5.41, 5.74) is 1.39. The molecule has 1 spiro atoms. The molecule has 2 aliphatic heterocycles. The van der Waals surface area contributed by atoms with Crippen molar-refractivity contribution in [3.63, 3.8) is 0 Å². The van der Waals surface area contributed by atoms with Crippen LogP contribution in [-0.2, 0) is 11.8 Å². The van der Waals surface area contributed by atoms with Gasteiger partial charge in [0.1, 0.15) is 11.5 Å². The highest BCUT2D eigenvalue weighted by Gasteiger charge is 2.47. The number of aromatic nitrogens is 2. The third kappa shape index (κ3) is 2.81. The van der Waals surface area contributed by atoms with E-state index >= 15 is 0 Å². The number of aryl methyl sites for hydroxylation is 3. The largest absolute Gasteiger partial charge is 0.466 e. The monoisotopic (exact) mass is 356 g/mol. The minimum Gasteiger partial charge on any atom is -0.466 e. The quantitative estimate of drug-likeness (QED) is 0.891. The summed E-state index contributed by atoms with van der Waals surface area (Å²) in [7, 11) is 1.86. The second kappa shape index (κ2) is 6.00. The Morgan fingerprint density at radius 3 is 2.65 bits per heavy atom. The van der Waals surface area contributed by atoms with Crippen molar-refractivity contribution in [3.8, 4) is 0 Å². The van der Waals surface area contributed by atoms with Crippen LogP contribution in [0, 0.1) is 13.8 Å². The average Bonchev–Trinajstić information content (AvgIpc) is 3.26. The summed E-state index contributed by atoms with van der Waals surface area (Å²) in [5, 5.41) is 7.39. The third-order valence-electron chi connectivity index (χ3n) is 5.71. The van der Waals surface area contributed by atoms with Crippen molar-refractivity contribution in [2.75, 3.05) is 13.1 Å². The molecule has 7 nitrogen and oxygen atoms in total. The van der Waals surface area contributed by atoms with E-state index in [-0.39, 0.29) is 23.3 Å². The van der Waals surface area contributed by atoms with Crippen molar-refractivity contribution >= 4 is 11.8 Å². The molecule has 4 heterocycles. The van der Waals surface area contributed by atoms with E-state index in [0.717, 1.165) is 30.6 Å². The summed E-state index contributed by atoms with van der Waals surface area (Å²) in [6.45, 7) is 4.95. The predicted octanol–water partition coefficient (Wildman–Crippen LogP) is 1.91. The predicted molar refractivity (Wildman–Crippen MR) is 94.8 cm³/mol. The zero-order chi connectivity index (χ0) is 18.5. The van der Waals surface area contributed by atoms with Gasteiger partial charge in [-0.3, -0.25) is 14.3 Å². The number of nitrogens with zero attached hydrogens (tertiary/aromatic N) is 3. The van der Waals surface area contributed by atoms with Gasteiger partial charge >= 0.3 is 0 Å². The number of nitrogens with one attached hydrogen (secondary N) is 1. The van der Waals surface area contributed by atoms with Crippen LogP contribution in [0.1, 0.15) is 52.6 Å². The van der Waals surface area contributed by atoms with E-state index in [1.54, 1.807) is 16.9 Å². The molecular formula is C19H24N4O3. The van der Waals surface area contributed by atoms with Crippen LogP contribution < -0.4 is 5.32 Å². The number of piperidine rings is 1. The van der Waals surface area contributed by atoms with Crippen LogP contribution in [0.5, 0.6) is 0 Å². The highest BCUT2D eigenvalue weighted by atomic mass is 16.3. The second-order valence-corrected chi connectivity index (χ2v) is 7.59. The van der Waals surface area contributed by atoms with E-state index in [4.69, 9.17) is 4.42 Å². The number of amides is 2. The lowest BCUT2D eigenvalue weighted by molar-refractivity contribution is -0.121. The SMILES string of the molecule is Cc1cc(C(=O)N2CCC3(CC2)CC(c2cnn(C)c2)C(=O)N3)c(C)o1. The van der Waals surface area contributed by atoms with Crippen molar-refractivity contribution in [2.45, 2.75) is 44.6 Å². The maximum Gasteiger partial charge on any atom is 0.257 e. The first kappa shape index (κ1) is 16.9. The van der Waals surface area contributed by atoms with Crippen LogP contribution in [0.2, 0.25) is 0 Å². The molecule has 2 amide bonds. The molecule has 4 rings (SSSR count). The van der Waals surface area contributed by atoms with Gasteiger partial charge < -0.3 is 14.6 Å². The maximum absolute atomic E-state index is 12.8. The molecule has 2 aliphatic rings. The van der Waals surface area contributed by atoms with Gasteiger partial charge in [0.15, 0.2) is 0 Å². The molecule has 2 saturated heterocycles. The first-order chi connectivity index (χ1) is 12.4. The van der Waals surface area contributed by atoms with Crippen molar-refractivity contribution in [3.05, 3.63) is 41.1 Å². The number of rotatable bonds is 2.